The number of nitrogens with zero attached hydrogens (tertiary/aromatic N) is 1. The minimum atomic E-state index is -1.24. The summed E-state index contributed by atoms with van der Waals surface area (Å²) in [5, 5.41) is 20.5. The van der Waals surface area contributed by atoms with Crippen molar-refractivity contribution in [3.63, 3.8) is 0 Å². The summed E-state index contributed by atoms with van der Waals surface area (Å²) in [4.78, 5) is 35.1. The molecular weight excluding hydrogens is 268 g/mol. The second-order valence-electron chi connectivity index (χ2n) is 4.98. The van der Waals surface area contributed by atoms with Crippen molar-refractivity contribution < 1.29 is 29.3 Å². The number of esters is 1. The lowest BCUT2D eigenvalue weighted by Crippen LogP contribution is -2.55. The summed E-state index contributed by atoms with van der Waals surface area (Å²) < 4.78 is 4.42. The monoisotopic (exact) mass is 290 g/mol. The van der Waals surface area contributed by atoms with Gasteiger partial charge in [0.05, 0.1) is 19.3 Å². The molecule has 0 bridgehead atoms. The Kier molecular flexibility index (Phi) is 6.98. The van der Waals surface area contributed by atoms with E-state index in [2.05, 4.69) is 10.1 Å². The number of nitrogens with one attached hydrogen (secondary N) is 1. The molecule has 0 fully saturated rings. The number of carboxylic acids is 1. The summed E-state index contributed by atoms with van der Waals surface area (Å²) in [6.07, 6.45) is -0.179. The number of aliphatic hydroxyl groups excluding tert-OH is 1. The predicted molar refractivity (Wildman–Crippen MR) is 70.1 cm³/mol. The third-order valence-corrected chi connectivity index (χ3v) is 3.06. The number of amides is 2. The van der Waals surface area contributed by atoms with E-state index in [9.17, 15) is 14.4 Å². The van der Waals surface area contributed by atoms with Crippen LogP contribution in [-0.4, -0.2) is 65.4 Å². The largest absolute Gasteiger partial charge is 0.480 e. The van der Waals surface area contributed by atoms with Crippen LogP contribution in [0.3, 0.4) is 0 Å². The number of ether oxygens (including phenoxy) is 1. The lowest BCUT2D eigenvalue weighted by atomic mass is 10.1. The average molecular weight is 290 g/mol. The minimum Gasteiger partial charge on any atom is -0.480 e. The van der Waals surface area contributed by atoms with Crippen LogP contribution in [0.1, 0.15) is 26.7 Å². The van der Waals surface area contributed by atoms with Crippen LogP contribution in [0.5, 0.6) is 0 Å². The molecular formula is C12H22N2O6. The summed E-state index contributed by atoms with van der Waals surface area (Å²) in [6.45, 7) is 3.00. The maximum atomic E-state index is 11.9. The van der Waals surface area contributed by atoms with Crippen molar-refractivity contribution in [1.82, 2.24) is 10.2 Å². The quantitative estimate of drug-likeness (QED) is 0.559. The molecule has 2 amide bonds. The lowest BCUT2D eigenvalue weighted by Gasteiger charge is -2.34. The van der Waals surface area contributed by atoms with Crippen LogP contribution in [0.2, 0.25) is 0 Å². The van der Waals surface area contributed by atoms with Crippen molar-refractivity contribution >= 4 is 18.0 Å². The fraction of sp³-hybridized carbons (Fsp3) is 0.750. The van der Waals surface area contributed by atoms with Gasteiger partial charge in [0.15, 0.2) is 0 Å². The van der Waals surface area contributed by atoms with Crippen molar-refractivity contribution in [1.29, 1.82) is 0 Å². The van der Waals surface area contributed by atoms with E-state index in [4.69, 9.17) is 10.2 Å². The highest BCUT2D eigenvalue weighted by Gasteiger charge is 2.30. The summed E-state index contributed by atoms with van der Waals surface area (Å²) in [7, 11) is 2.65. The Labute approximate surface area is 117 Å². The van der Waals surface area contributed by atoms with Crippen LogP contribution in [0, 0.1) is 0 Å². The Morgan fingerprint density at radius 1 is 1.35 bits per heavy atom. The zero-order valence-electron chi connectivity index (χ0n) is 12.2. The SMILES string of the molecule is COC(=O)CC[C@@H](NC(=O)N(C)C(C)(C)CO)C(=O)O. The van der Waals surface area contributed by atoms with Gasteiger partial charge in [-0.3, -0.25) is 4.79 Å². The Balaban J connectivity index is 4.64. The molecule has 0 aromatic carbocycles. The molecule has 0 unspecified atom stereocenters. The van der Waals surface area contributed by atoms with Gasteiger partial charge in [-0.15, -0.1) is 0 Å². The van der Waals surface area contributed by atoms with Crippen molar-refractivity contribution in [3.8, 4) is 0 Å². The van der Waals surface area contributed by atoms with Gasteiger partial charge in [-0.1, -0.05) is 0 Å². The molecule has 0 heterocycles. The number of carbonyl (C=O) groups excluding carboxylic acids is 2. The first-order chi connectivity index (χ1) is 9.15. The van der Waals surface area contributed by atoms with Gasteiger partial charge in [-0.25, -0.2) is 9.59 Å². The topological polar surface area (TPSA) is 116 Å². The molecule has 0 saturated carbocycles. The Morgan fingerprint density at radius 2 is 1.90 bits per heavy atom. The highest BCUT2D eigenvalue weighted by Crippen LogP contribution is 2.11. The number of likely N-dealkylation sites (N-methyl/N-ethyl adjacent to an activating group) is 1. The van der Waals surface area contributed by atoms with Gasteiger partial charge >= 0.3 is 18.0 Å². The molecule has 0 aliphatic heterocycles. The summed E-state index contributed by atoms with van der Waals surface area (Å²) in [6, 6.07) is -1.83. The molecule has 8 heteroatoms. The van der Waals surface area contributed by atoms with Crippen molar-refractivity contribution in [3.05, 3.63) is 0 Å². The van der Waals surface area contributed by atoms with E-state index in [1.54, 1.807) is 13.8 Å². The minimum absolute atomic E-state index is 0.0683. The lowest BCUT2D eigenvalue weighted by molar-refractivity contribution is -0.142. The first-order valence-corrected chi connectivity index (χ1v) is 6.10. The number of hydrogen-bond acceptors (Lipinski definition) is 5. The Morgan fingerprint density at radius 3 is 2.30 bits per heavy atom. The van der Waals surface area contributed by atoms with Gasteiger partial charge in [0, 0.05) is 13.5 Å². The molecule has 0 radical (unpaired) electrons. The number of carbonyl (C=O) groups is 3. The maximum absolute atomic E-state index is 11.9. The molecule has 20 heavy (non-hydrogen) atoms. The van der Waals surface area contributed by atoms with E-state index in [0.717, 1.165) is 0 Å². The second-order valence-corrected chi connectivity index (χ2v) is 4.98. The van der Waals surface area contributed by atoms with Crippen LogP contribution in [-0.2, 0) is 14.3 Å². The van der Waals surface area contributed by atoms with Crippen molar-refractivity contribution in [2.24, 2.45) is 0 Å². The van der Waals surface area contributed by atoms with E-state index in [1.807, 2.05) is 0 Å². The molecule has 8 nitrogen and oxygen atoms in total. The van der Waals surface area contributed by atoms with Gasteiger partial charge in [0.25, 0.3) is 0 Å². The van der Waals surface area contributed by atoms with Crippen molar-refractivity contribution in [2.75, 3.05) is 20.8 Å². The summed E-state index contributed by atoms with van der Waals surface area (Å²) >= 11 is 0. The number of urea groups is 1. The highest BCUT2D eigenvalue weighted by molar-refractivity contribution is 5.83. The summed E-state index contributed by atoms with van der Waals surface area (Å²) in [5.74, 6) is -1.79. The van der Waals surface area contributed by atoms with Crippen LogP contribution in [0.25, 0.3) is 0 Å². The molecule has 0 aliphatic rings. The molecule has 0 saturated heterocycles. The van der Waals surface area contributed by atoms with E-state index < -0.39 is 29.6 Å². The summed E-state index contributed by atoms with van der Waals surface area (Å²) in [5.41, 5.74) is -0.824. The average Bonchev–Trinajstić information content (AvgIpc) is 2.41. The van der Waals surface area contributed by atoms with Crippen LogP contribution < -0.4 is 5.32 Å². The Bertz CT molecular complexity index is 369. The fourth-order valence-electron chi connectivity index (χ4n) is 1.25. The van der Waals surface area contributed by atoms with E-state index in [-0.39, 0.29) is 19.4 Å². The molecule has 1 atom stereocenters. The number of rotatable bonds is 7. The van der Waals surface area contributed by atoms with Crippen LogP contribution in [0.4, 0.5) is 4.79 Å². The second kappa shape index (κ2) is 7.68. The van der Waals surface area contributed by atoms with Crippen LogP contribution >= 0.6 is 0 Å². The van der Waals surface area contributed by atoms with Gasteiger partial charge < -0.3 is 25.2 Å². The fourth-order valence-corrected chi connectivity index (χ4v) is 1.25. The first kappa shape index (κ1) is 18.2. The zero-order valence-corrected chi connectivity index (χ0v) is 12.2. The van der Waals surface area contributed by atoms with E-state index in [1.165, 1.54) is 19.1 Å². The first-order valence-electron chi connectivity index (χ1n) is 6.10. The standard InChI is InChI=1S/C12H22N2O6/c1-12(2,7-15)14(3)11(19)13-8(10(17)18)5-6-9(16)20-4/h8,15H,5-7H2,1-4H3,(H,13,19)(H,17,18)/t8-/m1/s1. The molecule has 0 aromatic rings. The third kappa shape index (κ3) is 5.43. The molecule has 3 N–H and O–H groups in total. The maximum Gasteiger partial charge on any atom is 0.326 e. The smallest absolute Gasteiger partial charge is 0.326 e. The molecule has 116 valence electrons. The molecule has 0 aliphatic carbocycles. The van der Waals surface area contributed by atoms with Gasteiger partial charge in [-0.05, 0) is 20.3 Å². The number of aliphatic carboxylic acids is 1. The zero-order chi connectivity index (χ0) is 15.9. The van der Waals surface area contributed by atoms with E-state index in [0.29, 0.717) is 0 Å². The van der Waals surface area contributed by atoms with Gasteiger partial charge in [0.1, 0.15) is 6.04 Å². The molecule has 0 spiro atoms. The van der Waals surface area contributed by atoms with Crippen LogP contribution in [0.15, 0.2) is 0 Å². The number of aliphatic hydroxyl groups is 1. The molecule has 0 rings (SSSR count). The normalized spacial score (nSPS) is 12.4. The van der Waals surface area contributed by atoms with Gasteiger partial charge in [-0.2, -0.15) is 0 Å². The predicted octanol–water partition coefficient (Wildman–Crippen LogP) is -0.195. The van der Waals surface area contributed by atoms with Gasteiger partial charge in [0.2, 0.25) is 0 Å². The number of methoxy groups -OCH3 is 1. The number of carboxylic acid groups (broad SMARTS) is 1. The number of hydrogen-bond donors (Lipinski definition) is 3. The third-order valence-electron chi connectivity index (χ3n) is 3.06. The highest BCUT2D eigenvalue weighted by atomic mass is 16.5. The van der Waals surface area contributed by atoms with Crippen molar-refractivity contribution in [2.45, 2.75) is 38.3 Å². The Hall–Kier alpha value is -1.83. The molecule has 0 aromatic heterocycles. The van der Waals surface area contributed by atoms with E-state index >= 15 is 0 Å².